The van der Waals surface area contributed by atoms with Crippen LogP contribution in [-0.2, 0) is 0 Å². The van der Waals surface area contributed by atoms with Gasteiger partial charge in [0.25, 0.3) is 0 Å². The van der Waals surface area contributed by atoms with Crippen molar-refractivity contribution < 1.29 is 4.74 Å². The summed E-state index contributed by atoms with van der Waals surface area (Å²) in [6.07, 6.45) is 21.1. The minimum Gasteiger partial charge on any atom is -0.494 e. The van der Waals surface area contributed by atoms with Crippen molar-refractivity contribution >= 4 is 0 Å². The molecule has 0 radical (unpaired) electrons. The Morgan fingerprint density at radius 1 is 0.703 bits per heavy atom. The quantitative estimate of drug-likeness (QED) is 0.202. The van der Waals surface area contributed by atoms with E-state index in [1.807, 2.05) is 0 Å². The molecular weight excluding hydrogens is 450 g/mol. The first-order chi connectivity index (χ1) is 18.2. The van der Waals surface area contributed by atoms with Gasteiger partial charge in [0.15, 0.2) is 0 Å². The Balaban J connectivity index is 1.42. The van der Waals surface area contributed by atoms with Crippen molar-refractivity contribution in [1.82, 2.24) is 0 Å². The molecule has 1 aliphatic rings. The molecule has 0 spiro atoms. The van der Waals surface area contributed by atoms with Crippen LogP contribution in [0.3, 0.4) is 0 Å². The number of nitriles is 1. The van der Waals surface area contributed by atoms with Crippen LogP contribution in [0.1, 0.15) is 134 Å². The second-order valence-electron chi connectivity index (χ2n) is 11.4. The van der Waals surface area contributed by atoms with Gasteiger partial charge in [-0.15, -0.1) is 0 Å². The zero-order valence-electron chi connectivity index (χ0n) is 23.8. The second kappa shape index (κ2) is 16.5. The highest BCUT2D eigenvalue weighted by molar-refractivity contribution is 5.64. The molecule has 0 saturated heterocycles. The summed E-state index contributed by atoms with van der Waals surface area (Å²) >= 11 is 0. The van der Waals surface area contributed by atoms with Gasteiger partial charge in [-0.05, 0) is 73.3 Å². The summed E-state index contributed by atoms with van der Waals surface area (Å²) < 4.78 is 5.95. The molecule has 0 heterocycles. The largest absolute Gasteiger partial charge is 0.494 e. The minimum atomic E-state index is -0.0694. The molecule has 2 nitrogen and oxygen atoms in total. The van der Waals surface area contributed by atoms with Crippen LogP contribution >= 0.6 is 0 Å². The number of rotatable bonds is 17. The summed E-state index contributed by atoms with van der Waals surface area (Å²) in [6.45, 7) is 5.34. The van der Waals surface area contributed by atoms with Crippen LogP contribution in [0.4, 0.5) is 0 Å². The van der Waals surface area contributed by atoms with E-state index < -0.39 is 0 Å². The lowest BCUT2D eigenvalue weighted by atomic mass is 9.67. The lowest BCUT2D eigenvalue weighted by molar-refractivity contribution is 0.223. The monoisotopic (exact) mass is 501 g/mol. The molecular formula is C35H51NO. The molecule has 2 heteroatoms. The summed E-state index contributed by atoms with van der Waals surface area (Å²) in [5.74, 6) is 1.57. The molecule has 1 aliphatic carbocycles. The maximum atomic E-state index is 9.96. The molecule has 0 bridgehead atoms. The molecule has 1 saturated carbocycles. The van der Waals surface area contributed by atoms with Gasteiger partial charge >= 0.3 is 0 Å². The smallest absolute Gasteiger partial charge is 0.119 e. The van der Waals surface area contributed by atoms with E-state index >= 15 is 0 Å². The van der Waals surface area contributed by atoms with Gasteiger partial charge in [-0.1, -0.05) is 121 Å². The maximum absolute atomic E-state index is 9.96. The second-order valence-corrected chi connectivity index (χ2v) is 11.4. The highest BCUT2D eigenvalue weighted by Gasteiger charge is 2.35. The zero-order chi connectivity index (χ0) is 26.2. The van der Waals surface area contributed by atoms with Gasteiger partial charge in [-0.2, -0.15) is 5.26 Å². The van der Waals surface area contributed by atoms with E-state index in [-0.39, 0.29) is 5.41 Å². The first-order valence-electron chi connectivity index (χ1n) is 15.4. The zero-order valence-corrected chi connectivity index (χ0v) is 23.8. The van der Waals surface area contributed by atoms with Crippen LogP contribution < -0.4 is 4.74 Å². The molecule has 0 aromatic heterocycles. The molecule has 37 heavy (non-hydrogen) atoms. The summed E-state index contributed by atoms with van der Waals surface area (Å²) in [4.78, 5) is 0. The highest BCUT2D eigenvalue weighted by Crippen LogP contribution is 2.46. The van der Waals surface area contributed by atoms with Gasteiger partial charge < -0.3 is 4.74 Å². The van der Waals surface area contributed by atoms with E-state index in [0.717, 1.165) is 50.9 Å². The van der Waals surface area contributed by atoms with Crippen LogP contribution in [0.15, 0.2) is 48.5 Å². The Kier molecular flexibility index (Phi) is 13.1. The normalized spacial score (nSPS) is 19.4. The van der Waals surface area contributed by atoms with Gasteiger partial charge in [-0.3, -0.25) is 0 Å². The Morgan fingerprint density at radius 3 is 1.78 bits per heavy atom. The highest BCUT2D eigenvalue weighted by atomic mass is 16.5. The fourth-order valence-corrected chi connectivity index (χ4v) is 5.93. The summed E-state index contributed by atoms with van der Waals surface area (Å²) in [6, 6.07) is 20.5. The molecule has 2 aromatic carbocycles. The Morgan fingerprint density at radius 2 is 1.22 bits per heavy atom. The third-order valence-corrected chi connectivity index (χ3v) is 8.53. The van der Waals surface area contributed by atoms with Crippen LogP contribution in [0.2, 0.25) is 0 Å². The summed E-state index contributed by atoms with van der Waals surface area (Å²) in [5, 5.41) is 9.96. The third kappa shape index (κ3) is 9.85. The molecule has 0 aliphatic heterocycles. The number of nitrogens with zero attached hydrogens (tertiary/aromatic N) is 1. The van der Waals surface area contributed by atoms with E-state index in [9.17, 15) is 5.26 Å². The molecule has 0 amide bonds. The molecule has 3 rings (SSSR count). The van der Waals surface area contributed by atoms with E-state index in [1.165, 1.54) is 87.3 Å². The van der Waals surface area contributed by atoms with Crippen molar-refractivity contribution in [2.75, 3.05) is 6.61 Å². The van der Waals surface area contributed by atoms with Gasteiger partial charge in [0.2, 0.25) is 0 Å². The standard InChI is InChI=1S/C35H51NO/c1-3-5-7-9-11-13-25-35(29-36)26-23-33(24-27-35)31-17-15-30(16-18-31)32-19-21-34(22-20-32)37-28-14-12-10-8-6-4-2/h15-22,33H,3-14,23-28H2,1-2H3. The SMILES string of the molecule is CCCCCCCCOc1ccc(-c2ccc(C3CCC(C#N)(CCCCCCCC)CC3)cc2)cc1. The van der Waals surface area contributed by atoms with Crippen molar-refractivity contribution in [1.29, 1.82) is 5.26 Å². The predicted molar refractivity (Wildman–Crippen MR) is 158 cm³/mol. The van der Waals surface area contributed by atoms with Gasteiger partial charge in [0.05, 0.1) is 18.1 Å². The lowest BCUT2D eigenvalue weighted by Gasteiger charge is -2.35. The minimum absolute atomic E-state index is 0.0694. The average Bonchev–Trinajstić information content (AvgIpc) is 2.95. The van der Waals surface area contributed by atoms with Crippen molar-refractivity contribution in [2.24, 2.45) is 5.41 Å². The van der Waals surface area contributed by atoms with Crippen molar-refractivity contribution in [2.45, 2.75) is 129 Å². The van der Waals surface area contributed by atoms with Crippen molar-refractivity contribution in [3.63, 3.8) is 0 Å². The van der Waals surface area contributed by atoms with Gasteiger partial charge in [-0.25, -0.2) is 0 Å². The van der Waals surface area contributed by atoms with Gasteiger partial charge in [0, 0.05) is 0 Å². The molecule has 202 valence electrons. The van der Waals surface area contributed by atoms with Crippen molar-refractivity contribution in [3.8, 4) is 22.9 Å². The first-order valence-corrected chi connectivity index (χ1v) is 15.4. The number of unbranched alkanes of at least 4 members (excludes halogenated alkanes) is 10. The lowest BCUT2D eigenvalue weighted by Crippen LogP contribution is -2.25. The van der Waals surface area contributed by atoms with Crippen molar-refractivity contribution in [3.05, 3.63) is 54.1 Å². The molecule has 0 unspecified atom stereocenters. The maximum Gasteiger partial charge on any atom is 0.119 e. The summed E-state index contributed by atoms with van der Waals surface area (Å²) in [7, 11) is 0. The van der Waals surface area contributed by atoms with Crippen LogP contribution in [0.5, 0.6) is 5.75 Å². The number of hydrogen-bond acceptors (Lipinski definition) is 2. The fraction of sp³-hybridized carbons (Fsp3) is 0.629. The van der Waals surface area contributed by atoms with E-state index in [2.05, 4.69) is 68.4 Å². The molecule has 1 fully saturated rings. The summed E-state index contributed by atoms with van der Waals surface area (Å²) in [5.41, 5.74) is 3.87. The van der Waals surface area contributed by atoms with E-state index in [1.54, 1.807) is 0 Å². The van der Waals surface area contributed by atoms with Crippen LogP contribution in [-0.4, -0.2) is 6.61 Å². The number of ether oxygens (including phenoxy) is 1. The average molecular weight is 502 g/mol. The first kappa shape index (κ1) is 29.3. The topological polar surface area (TPSA) is 33.0 Å². The Bertz CT molecular complexity index is 900. The molecule has 2 aromatic rings. The van der Waals surface area contributed by atoms with E-state index in [4.69, 9.17) is 4.74 Å². The Hall–Kier alpha value is -2.27. The van der Waals surface area contributed by atoms with Crippen LogP contribution in [0.25, 0.3) is 11.1 Å². The number of benzene rings is 2. The Labute approximate surface area is 227 Å². The molecule has 0 atom stereocenters. The van der Waals surface area contributed by atoms with Gasteiger partial charge in [0.1, 0.15) is 5.75 Å². The molecule has 0 N–H and O–H groups in total. The predicted octanol–water partition coefficient (Wildman–Crippen LogP) is 11.0. The third-order valence-electron chi connectivity index (χ3n) is 8.53. The fourth-order valence-electron chi connectivity index (χ4n) is 5.93. The number of hydrogen-bond donors (Lipinski definition) is 0. The van der Waals surface area contributed by atoms with E-state index in [0.29, 0.717) is 5.92 Å². The van der Waals surface area contributed by atoms with Crippen LogP contribution in [0, 0.1) is 16.7 Å².